The molecule has 7 nitrogen and oxygen atoms in total. The highest BCUT2D eigenvalue weighted by Gasteiger charge is 2.15. The largest absolute Gasteiger partial charge is 0.465 e. The van der Waals surface area contributed by atoms with Crippen LogP contribution in [0, 0.1) is 5.92 Å². The highest BCUT2D eigenvalue weighted by Crippen LogP contribution is 2.19. The number of esters is 1. The van der Waals surface area contributed by atoms with Crippen molar-refractivity contribution in [3.8, 4) is 0 Å². The molecule has 0 fully saturated rings. The van der Waals surface area contributed by atoms with Crippen LogP contribution in [-0.4, -0.2) is 84.9 Å². The fourth-order valence-corrected chi connectivity index (χ4v) is 9.66. The first-order valence-electron chi connectivity index (χ1n) is 30.3. The van der Waals surface area contributed by atoms with Gasteiger partial charge in [0, 0.05) is 45.4 Å². The Bertz CT molecular complexity index is 976. The lowest BCUT2D eigenvalue weighted by molar-refractivity contribution is -0.145. The molecule has 0 N–H and O–H groups in total. The molecule has 0 aromatic heterocycles. The van der Waals surface area contributed by atoms with E-state index in [1.54, 1.807) is 0 Å². The Morgan fingerprint density at radius 2 is 0.597 bits per heavy atom. The highest BCUT2D eigenvalue weighted by molar-refractivity contribution is 5.76. The van der Waals surface area contributed by atoms with Crippen LogP contribution in [0.5, 0.6) is 0 Å². The highest BCUT2D eigenvalue weighted by atomic mass is 16.5. The van der Waals surface area contributed by atoms with Crippen molar-refractivity contribution in [2.45, 2.75) is 311 Å². The molecular formula is C60H119N3O4. The molecule has 0 aliphatic carbocycles. The number of hydrogen-bond acceptors (Lipinski definition) is 5. The normalized spacial score (nSPS) is 12.0. The van der Waals surface area contributed by atoms with E-state index in [1.807, 2.05) is 0 Å². The molecule has 1 atom stereocenters. The first-order chi connectivity index (χ1) is 32.9. The molecule has 0 spiro atoms. The van der Waals surface area contributed by atoms with E-state index in [0.717, 1.165) is 103 Å². The summed E-state index contributed by atoms with van der Waals surface area (Å²) in [6.07, 6.45) is 49.1. The molecule has 0 aliphatic heterocycles. The van der Waals surface area contributed by atoms with Crippen LogP contribution in [-0.2, 0) is 19.1 Å². The van der Waals surface area contributed by atoms with E-state index in [0.29, 0.717) is 30.8 Å². The average Bonchev–Trinajstić information content (AvgIpc) is 3.33. The van der Waals surface area contributed by atoms with Crippen molar-refractivity contribution in [3.05, 3.63) is 0 Å². The number of nitrogens with zero attached hydrogens (tertiary/aromatic N) is 3. The molecule has 67 heavy (non-hydrogen) atoms. The lowest BCUT2D eigenvalue weighted by Crippen LogP contribution is -2.32. The van der Waals surface area contributed by atoms with Crippen molar-refractivity contribution >= 4 is 17.8 Å². The quantitative estimate of drug-likeness (QED) is 0.0449. The van der Waals surface area contributed by atoms with Crippen LogP contribution in [0.2, 0.25) is 0 Å². The van der Waals surface area contributed by atoms with E-state index in [4.69, 9.17) is 4.74 Å². The third-order valence-electron chi connectivity index (χ3n) is 14.3. The molecule has 2 amide bonds. The minimum absolute atomic E-state index is 0.00888. The molecule has 0 radical (unpaired) electrons. The second-order valence-electron chi connectivity index (χ2n) is 20.9. The van der Waals surface area contributed by atoms with Gasteiger partial charge in [0.15, 0.2) is 0 Å². The Labute approximate surface area is 419 Å². The van der Waals surface area contributed by atoms with Gasteiger partial charge in [-0.05, 0) is 103 Å². The van der Waals surface area contributed by atoms with Gasteiger partial charge in [-0.3, -0.25) is 14.4 Å². The number of hydrogen-bond donors (Lipinski definition) is 0. The number of rotatable bonds is 54. The van der Waals surface area contributed by atoms with Gasteiger partial charge in [0.2, 0.25) is 11.8 Å². The van der Waals surface area contributed by atoms with Crippen LogP contribution in [0.25, 0.3) is 0 Å². The number of carbonyl (C=O) groups is 3. The Balaban J connectivity index is 4.84. The van der Waals surface area contributed by atoms with E-state index in [1.165, 1.54) is 206 Å². The summed E-state index contributed by atoms with van der Waals surface area (Å²) in [7, 11) is 0. The molecule has 0 saturated carbocycles. The Morgan fingerprint density at radius 1 is 0.313 bits per heavy atom. The molecule has 7 heteroatoms. The van der Waals surface area contributed by atoms with E-state index < -0.39 is 0 Å². The Kier molecular flexibility index (Phi) is 50.9. The predicted molar refractivity (Wildman–Crippen MR) is 292 cm³/mol. The molecule has 0 aromatic rings. The molecule has 0 aliphatic rings. The van der Waals surface area contributed by atoms with Crippen LogP contribution >= 0.6 is 0 Å². The van der Waals surface area contributed by atoms with E-state index >= 15 is 0 Å². The molecule has 1 unspecified atom stereocenters. The summed E-state index contributed by atoms with van der Waals surface area (Å²) in [6, 6.07) is 0. The third kappa shape index (κ3) is 44.1. The van der Waals surface area contributed by atoms with E-state index in [9.17, 15) is 14.4 Å². The van der Waals surface area contributed by atoms with Crippen LogP contribution in [0.4, 0.5) is 0 Å². The van der Waals surface area contributed by atoms with Gasteiger partial charge >= 0.3 is 5.97 Å². The maximum Gasteiger partial charge on any atom is 0.305 e. The summed E-state index contributed by atoms with van der Waals surface area (Å²) in [4.78, 5) is 46.1. The number of unbranched alkanes of at least 4 members (excludes halogenated alkanes) is 28. The maximum atomic E-state index is 13.2. The third-order valence-corrected chi connectivity index (χ3v) is 14.3. The van der Waals surface area contributed by atoms with Crippen LogP contribution in [0.15, 0.2) is 0 Å². The van der Waals surface area contributed by atoms with Crippen molar-refractivity contribution in [2.24, 2.45) is 5.92 Å². The first-order valence-corrected chi connectivity index (χ1v) is 30.3. The zero-order valence-electron chi connectivity index (χ0n) is 46.4. The van der Waals surface area contributed by atoms with Crippen molar-refractivity contribution in [1.29, 1.82) is 0 Å². The zero-order valence-corrected chi connectivity index (χ0v) is 46.4. The van der Waals surface area contributed by atoms with Crippen molar-refractivity contribution in [2.75, 3.05) is 52.4 Å². The fourth-order valence-electron chi connectivity index (χ4n) is 9.66. The van der Waals surface area contributed by atoms with Crippen LogP contribution in [0.1, 0.15) is 311 Å². The maximum absolute atomic E-state index is 13.2. The lowest BCUT2D eigenvalue weighted by Gasteiger charge is -2.23. The SMILES string of the molecule is CCCCCCC(CCCC)COC(=O)CCCCCCCN(CCCCCCCC(=O)N(CCCCCC)CCCCCC)CCCCCCCC(=O)N(CCCCCC)CCCCCC. The molecule has 0 rings (SSSR count). The summed E-state index contributed by atoms with van der Waals surface area (Å²) in [5, 5.41) is 0. The van der Waals surface area contributed by atoms with Crippen molar-refractivity contribution in [1.82, 2.24) is 14.7 Å². The van der Waals surface area contributed by atoms with Crippen LogP contribution in [0.3, 0.4) is 0 Å². The Hall–Kier alpha value is -1.63. The van der Waals surface area contributed by atoms with Crippen LogP contribution < -0.4 is 0 Å². The molecular weight excluding hydrogens is 827 g/mol. The minimum Gasteiger partial charge on any atom is -0.465 e. The monoisotopic (exact) mass is 946 g/mol. The predicted octanol–water partition coefficient (Wildman–Crippen LogP) is 17.6. The number of ether oxygens (including phenoxy) is 1. The first kappa shape index (κ1) is 65.4. The second kappa shape index (κ2) is 52.2. The van der Waals surface area contributed by atoms with Gasteiger partial charge in [0.1, 0.15) is 0 Å². The Morgan fingerprint density at radius 3 is 0.970 bits per heavy atom. The standard InChI is InChI=1S/C60H119N3O4/c1-7-13-19-33-45-57(44-18-12-6)56-67-60(66)48-36-29-26-32-39-51-61(49-37-30-24-27-34-46-58(64)62(52-40-20-14-8-2)53-41-21-15-9-3)50-38-31-25-28-35-47-59(65)63(54-42-22-16-10-4)55-43-23-17-11-5/h57H,7-56H2,1-6H3. The molecule has 398 valence electrons. The van der Waals surface area contributed by atoms with Gasteiger partial charge < -0.3 is 19.4 Å². The summed E-state index contributed by atoms with van der Waals surface area (Å²) in [6.45, 7) is 21.5. The van der Waals surface area contributed by atoms with Gasteiger partial charge in [-0.15, -0.1) is 0 Å². The summed E-state index contributed by atoms with van der Waals surface area (Å²) in [5.74, 6) is 1.33. The van der Waals surface area contributed by atoms with E-state index in [-0.39, 0.29) is 5.97 Å². The minimum atomic E-state index is 0.00888. The number of amides is 2. The topological polar surface area (TPSA) is 70.2 Å². The summed E-state index contributed by atoms with van der Waals surface area (Å²) in [5.41, 5.74) is 0. The lowest BCUT2D eigenvalue weighted by atomic mass is 9.96. The van der Waals surface area contributed by atoms with E-state index in [2.05, 4.69) is 56.2 Å². The molecule has 0 bridgehead atoms. The molecule has 0 aromatic carbocycles. The second-order valence-corrected chi connectivity index (χ2v) is 20.9. The van der Waals surface area contributed by atoms with Gasteiger partial charge in [-0.1, -0.05) is 215 Å². The average molecular weight is 947 g/mol. The zero-order chi connectivity index (χ0) is 49.1. The summed E-state index contributed by atoms with van der Waals surface area (Å²) < 4.78 is 5.79. The number of carbonyl (C=O) groups excluding carboxylic acids is 3. The fraction of sp³-hybridized carbons (Fsp3) is 0.950. The van der Waals surface area contributed by atoms with Crippen molar-refractivity contribution in [3.63, 3.8) is 0 Å². The van der Waals surface area contributed by atoms with Gasteiger partial charge in [-0.2, -0.15) is 0 Å². The van der Waals surface area contributed by atoms with Gasteiger partial charge in [-0.25, -0.2) is 0 Å². The van der Waals surface area contributed by atoms with Gasteiger partial charge in [0.05, 0.1) is 6.61 Å². The smallest absolute Gasteiger partial charge is 0.305 e. The summed E-state index contributed by atoms with van der Waals surface area (Å²) >= 11 is 0. The van der Waals surface area contributed by atoms with Crippen molar-refractivity contribution < 1.29 is 19.1 Å². The molecule has 0 saturated heterocycles. The van der Waals surface area contributed by atoms with Gasteiger partial charge in [0.25, 0.3) is 0 Å². The molecule has 0 heterocycles.